The van der Waals surface area contributed by atoms with E-state index in [-0.39, 0.29) is 13.2 Å². The van der Waals surface area contributed by atoms with Crippen LogP contribution < -0.4 is 4.90 Å². The van der Waals surface area contributed by atoms with Gasteiger partial charge in [-0.3, -0.25) is 0 Å². The molecule has 1 fully saturated rings. The number of hydrogen-bond acceptors (Lipinski definition) is 4. The first-order chi connectivity index (χ1) is 8.78. The van der Waals surface area contributed by atoms with Crippen molar-refractivity contribution in [1.29, 1.82) is 5.26 Å². The normalized spacial score (nSPS) is 18.9. The van der Waals surface area contributed by atoms with Crippen molar-refractivity contribution in [1.82, 2.24) is 0 Å². The lowest BCUT2D eigenvalue weighted by Gasteiger charge is -2.20. The van der Waals surface area contributed by atoms with Gasteiger partial charge in [0.05, 0.1) is 17.9 Å². The zero-order valence-electron chi connectivity index (χ0n) is 10.3. The predicted molar refractivity (Wildman–Crippen MR) is 69.1 cm³/mol. The summed E-state index contributed by atoms with van der Waals surface area (Å²) < 4.78 is 0. The second kappa shape index (κ2) is 5.85. The molecule has 0 aromatic heterocycles. The van der Waals surface area contributed by atoms with Gasteiger partial charge in [0.15, 0.2) is 0 Å². The number of nitrogens with zero attached hydrogens (tertiary/aromatic N) is 2. The van der Waals surface area contributed by atoms with Gasteiger partial charge in [0.1, 0.15) is 6.07 Å². The molecule has 0 spiro atoms. The molecule has 1 saturated heterocycles. The van der Waals surface area contributed by atoms with Crippen molar-refractivity contribution >= 4 is 5.69 Å². The fourth-order valence-electron chi connectivity index (χ4n) is 2.52. The van der Waals surface area contributed by atoms with Crippen molar-refractivity contribution in [3.63, 3.8) is 0 Å². The van der Waals surface area contributed by atoms with Gasteiger partial charge in [0.2, 0.25) is 0 Å². The lowest BCUT2D eigenvalue weighted by atomic mass is 10.1. The molecule has 1 aliphatic heterocycles. The number of anilines is 1. The summed E-state index contributed by atoms with van der Waals surface area (Å²) in [5.41, 5.74) is 2.32. The molecule has 0 bridgehead atoms. The van der Waals surface area contributed by atoms with Gasteiger partial charge in [-0.15, -0.1) is 0 Å². The number of aliphatic hydroxyl groups is 2. The van der Waals surface area contributed by atoms with E-state index in [1.807, 2.05) is 12.1 Å². The molecule has 1 heterocycles. The van der Waals surface area contributed by atoms with Gasteiger partial charge >= 0.3 is 0 Å². The van der Waals surface area contributed by atoms with Gasteiger partial charge in [0, 0.05) is 19.7 Å². The van der Waals surface area contributed by atoms with Crippen molar-refractivity contribution in [2.75, 3.05) is 24.6 Å². The third kappa shape index (κ3) is 2.63. The summed E-state index contributed by atoms with van der Waals surface area (Å²) in [6.07, 6.45) is 1.89. The Morgan fingerprint density at radius 2 is 2.22 bits per heavy atom. The Morgan fingerprint density at radius 3 is 2.89 bits per heavy atom. The fraction of sp³-hybridized carbons (Fsp3) is 0.500. The zero-order valence-corrected chi connectivity index (χ0v) is 10.3. The van der Waals surface area contributed by atoms with Crippen LogP contribution in [0.3, 0.4) is 0 Å². The first-order valence-electron chi connectivity index (χ1n) is 6.28. The summed E-state index contributed by atoms with van der Waals surface area (Å²) in [7, 11) is 0. The lowest BCUT2D eigenvalue weighted by Crippen LogP contribution is -2.21. The van der Waals surface area contributed by atoms with Crippen molar-refractivity contribution < 1.29 is 10.2 Å². The quantitative estimate of drug-likeness (QED) is 0.839. The minimum atomic E-state index is -0.0396. The van der Waals surface area contributed by atoms with Gasteiger partial charge in [-0.25, -0.2) is 0 Å². The number of aliphatic hydroxyl groups excluding tert-OH is 2. The first-order valence-corrected chi connectivity index (χ1v) is 6.28. The highest BCUT2D eigenvalue weighted by Gasteiger charge is 2.23. The Kier molecular flexibility index (Phi) is 4.19. The molecule has 1 aliphatic rings. The summed E-state index contributed by atoms with van der Waals surface area (Å²) in [4.78, 5) is 2.19. The van der Waals surface area contributed by atoms with Crippen LogP contribution in [0.1, 0.15) is 24.0 Å². The number of benzene rings is 1. The average Bonchev–Trinajstić information content (AvgIpc) is 2.87. The van der Waals surface area contributed by atoms with Crippen molar-refractivity contribution in [3.05, 3.63) is 29.3 Å². The number of rotatable bonds is 4. The van der Waals surface area contributed by atoms with E-state index in [9.17, 15) is 0 Å². The Hall–Kier alpha value is -1.57. The van der Waals surface area contributed by atoms with Crippen LogP contribution in [-0.2, 0) is 6.61 Å². The van der Waals surface area contributed by atoms with Crippen LogP contribution in [0.4, 0.5) is 5.69 Å². The highest BCUT2D eigenvalue weighted by atomic mass is 16.3. The minimum absolute atomic E-state index is 0.0396. The van der Waals surface area contributed by atoms with Crippen LogP contribution in [0.15, 0.2) is 18.2 Å². The molecule has 1 aromatic carbocycles. The second-order valence-electron chi connectivity index (χ2n) is 4.73. The number of hydrogen-bond donors (Lipinski definition) is 2. The average molecular weight is 246 g/mol. The summed E-state index contributed by atoms with van der Waals surface area (Å²) in [6.45, 7) is 2.01. The third-order valence-electron chi connectivity index (χ3n) is 3.53. The summed E-state index contributed by atoms with van der Waals surface area (Å²) in [5, 5.41) is 27.2. The van der Waals surface area contributed by atoms with E-state index >= 15 is 0 Å². The zero-order chi connectivity index (χ0) is 13.0. The topological polar surface area (TPSA) is 67.5 Å². The van der Waals surface area contributed by atoms with Crippen molar-refractivity contribution in [3.8, 4) is 6.07 Å². The van der Waals surface area contributed by atoms with E-state index in [2.05, 4.69) is 11.0 Å². The molecule has 1 aromatic rings. The molecule has 0 aliphatic carbocycles. The molecule has 1 unspecified atom stereocenters. The highest BCUT2D eigenvalue weighted by molar-refractivity contribution is 5.61. The third-order valence-corrected chi connectivity index (χ3v) is 3.53. The lowest BCUT2D eigenvalue weighted by molar-refractivity contribution is 0.263. The predicted octanol–water partition coefficient (Wildman–Crippen LogP) is 1.26. The van der Waals surface area contributed by atoms with E-state index in [1.54, 1.807) is 6.07 Å². The Labute approximate surface area is 107 Å². The monoisotopic (exact) mass is 246 g/mol. The van der Waals surface area contributed by atoms with E-state index in [0.717, 1.165) is 37.2 Å². The molecular weight excluding hydrogens is 228 g/mol. The molecule has 2 N–H and O–H groups in total. The maximum absolute atomic E-state index is 9.17. The van der Waals surface area contributed by atoms with Crippen molar-refractivity contribution in [2.24, 2.45) is 5.92 Å². The minimum Gasteiger partial charge on any atom is -0.396 e. The molecule has 0 amide bonds. The van der Waals surface area contributed by atoms with Gasteiger partial charge in [-0.1, -0.05) is 6.07 Å². The molecular formula is C14H18N2O2. The van der Waals surface area contributed by atoms with Gasteiger partial charge in [-0.2, -0.15) is 5.26 Å². The molecule has 0 saturated carbocycles. The smallest absolute Gasteiger partial charge is 0.101 e. The SMILES string of the molecule is N#Cc1cc(CO)ccc1N1CCC(CCO)C1. The Bertz CT molecular complexity index is 454. The van der Waals surface area contributed by atoms with E-state index in [1.165, 1.54) is 0 Å². The first kappa shape index (κ1) is 12.9. The summed E-state index contributed by atoms with van der Waals surface area (Å²) in [5.74, 6) is 0.513. The molecule has 1 atom stereocenters. The highest BCUT2D eigenvalue weighted by Crippen LogP contribution is 2.28. The van der Waals surface area contributed by atoms with Gasteiger partial charge in [0.25, 0.3) is 0 Å². The fourth-order valence-corrected chi connectivity index (χ4v) is 2.52. The van der Waals surface area contributed by atoms with Crippen LogP contribution in [0, 0.1) is 17.2 Å². The molecule has 18 heavy (non-hydrogen) atoms. The molecule has 0 radical (unpaired) electrons. The Morgan fingerprint density at radius 1 is 1.39 bits per heavy atom. The van der Waals surface area contributed by atoms with Gasteiger partial charge < -0.3 is 15.1 Å². The summed E-state index contributed by atoms with van der Waals surface area (Å²) in [6, 6.07) is 7.70. The Balaban J connectivity index is 2.17. The van der Waals surface area contributed by atoms with Crippen LogP contribution in [-0.4, -0.2) is 29.9 Å². The molecule has 96 valence electrons. The molecule has 2 rings (SSSR count). The maximum Gasteiger partial charge on any atom is 0.101 e. The van der Waals surface area contributed by atoms with Crippen LogP contribution >= 0.6 is 0 Å². The molecule has 4 heteroatoms. The van der Waals surface area contributed by atoms with Gasteiger partial charge in [-0.05, 0) is 36.5 Å². The van der Waals surface area contributed by atoms with Crippen molar-refractivity contribution in [2.45, 2.75) is 19.4 Å². The van der Waals surface area contributed by atoms with Crippen LogP contribution in [0.2, 0.25) is 0 Å². The van der Waals surface area contributed by atoms with Crippen LogP contribution in [0.25, 0.3) is 0 Å². The van der Waals surface area contributed by atoms with Crippen LogP contribution in [0.5, 0.6) is 0 Å². The standard InChI is InChI=1S/C14H18N2O2/c15-8-13-7-12(10-18)1-2-14(13)16-5-3-11(9-16)4-6-17/h1-2,7,11,17-18H,3-6,9-10H2. The van der Waals surface area contributed by atoms with E-state index < -0.39 is 0 Å². The van der Waals surface area contributed by atoms with E-state index in [0.29, 0.717) is 11.5 Å². The number of nitriles is 1. The maximum atomic E-state index is 9.17. The second-order valence-corrected chi connectivity index (χ2v) is 4.73. The summed E-state index contributed by atoms with van der Waals surface area (Å²) >= 11 is 0. The molecule has 4 nitrogen and oxygen atoms in total. The largest absolute Gasteiger partial charge is 0.396 e. The van der Waals surface area contributed by atoms with E-state index in [4.69, 9.17) is 15.5 Å².